The summed E-state index contributed by atoms with van der Waals surface area (Å²) in [5.41, 5.74) is 0.786. The van der Waals surface area contributed by atoms with Gasteiger partial charge in [0.1, 0.15) is 12.4 Å². The Labute approximate surface area is 128 Å². The highest BCUT2D eigenvalue weighted by Gasteiger charge is 2.20. The molecule has 1 fully saturated rings. The van der Waals surface area contributed by atoms with Crippen molar-refractivity contribution in [3.05, 3.63) is 24.2 Å². The van der Waals surface area contributed by atoms with Gasteiger partial charge in [-0.1, -0.05) is 5.16 Å². The van der Waals surface area contributed by atoms with E-state index in [9.17, 15) is 5.11 Å². The number of hydrogen-bond acceptors (Lipinski definition) is 7. The average molecular weight is 304 g/mol. The standard InChI is InChI=1S/C15H20N4O3/c1-21-10-13-17-15(22-18-13)12-4-5-14(16-7-12)19-6-2-3-11(8-19)9-20/h4-5,7,11,20H,2-3,6,8-10H2,1H3/t11-/m0/s1. The van der Waals surface area contributed by atoms with Crippen molar-refractivity contribution in [2.45, 2.75) is 19.4 Å². The Morgan fingerprint density at radius 3 is 3.09 bits per heavy atom. The first-order valence-electron chi connectivity index (χ1n) is 7.44. The highest BCUT2D eigenvalue weighted by molar-refractivity contribution is 5.54. The van der Waals surface area contributed by atoms with Gasteiger partial charge in [-0.05, 0) is 30.9 Å². The molecule has 0 amide bonds. The molecule has 3 heterocycles. The van der Waals surface area contributed by atoms with Gasteiger partial charge in [0.25, 0.3) is 5.89 Å². The van der Waals surface area contributed by atoms with Gasteiger partial charge in [-0.2, -0.15) is 4.98 Å². The maximum atomic E-state index is 9.31. The summed E-state index contributed by atoms with van der Waals surface area (Å²) in [5, 5.41) is 13.1. The van der Waals surface area contributed by atoms with E-state index in [2.05, 4.69) is 20.0 Å². The van der Waals surface area contributed by atoms with Crippen molar-refractivity contribution in [2.75, 3.05) is 31.7 Å². The Morgan fingerprint density at radius 2 is 2.36 bits per heavy atom. The molecule has 22 heavy (non-hydrogen) atoms. The van der Waals surface area contributed by atoms with Gasteiger partial charge in [-0.25, -0.2) is 4.98 Å². The molecule has 1 aliphatic heterocycles. The zero-order chi connectivity index (χ0) is 15.4. The van der Waals surface area contributed by atoms with Crippen molar-refractivity contribution in [1.82, 2.24) is 15.1 Å². The summed E-state index contributed by atoms with van der Waals surface area (Å²) in [7, 11) is 1.59. The van der Waals surface area contributed by atoms with Crippen LogP contribution in [0.1, 0.15) is 18.7 Å². The first-order valence-corrected chi connectivity index (χ1v) is 7.44. The molecule has 1 aliphatic rings. The molecule has 0 aliphatic carbocycles. The fourth-order valence-corrected chi connectivity index (χ4v) is 2.68. The Morgan fingerprint density at radius 1 is 1.45 bits per heavy atom. The number of piperidine rings is 1. The van der Waals surface area contributed by atoms with Gasteiger partial charge in [-0.3, -0.25) is 0 Å². The summed E-state index contributed by atoms with van der Waals surface area (Å²) in [4.78, 5) is 10.9. The zero-order valence-electron chi connectivity index (χ0n) is 12.6. The molecule has 2 aromatic heterocycles. The molecule has 0 spiro atoms. The summed E-state index contributed by atoms with van der Waals surface area (Å²) in [6, 6.07) is 3.88. The van der Waals surface area contributed by atoms with Gasteiger partial charge < -0.3 is 19.3 Å². The van der Waals surface area contributed by atoms with E-state index >= 15 is 0 Å². The molecule has 0 radical (unpaired) electrons. The molecule has 0 bridgehead atoms. The van der Waals surface area contributed by atoms with Crippen LogP contribution in [0.3, 0.4) is 0 Å². The normalized spacial score (nSPS) is 18.6. The number of methoxy groups -OCH3 is 1. The highest BCUT2D eigenvalue weighted by atomic mass is 16.5. The smallest absolute Gasteiger partial charge is 0.259 e. The third-order valence-electron chi connectivity index (χ3n) is 3.84. The van der Waals surface area contributed by atoms with Gasteiger partial charge >= 0.3 is 0 Å². The van der Waals surface area contributed by atoms with E-state index in [1.54, 1.807) is 13.3 Å². The number of aliphatic hydroxyl groups excluding tert-OH is 1. The van der Waals surface area contributed by atoms with E-state index in [-0.39, 0.29) is 6.61 Å². The number of anilines is 1. The van der Waals surface area contributed by atoms with E-state index in [1.165, 1.54) is 0 Å². The quantitative estimate of drug-likeness (QED) is 0.895. The second-order valence-electron chi connectivity index (χ2n) is 5.49. The van der Waals surface area contributed by atoms with Crippen molar-refractivity contribution < 1.29 is 14.4 Å². The minimum Gasteiger partial charge on any atom is -0.396 e. The lowest BCUT2D eigenvalue weighted by atomic mass is 9.99. The minimum atomic E-state index is 0.235. The summed E-state index contributed by atoms with van der Waals surface area (Å²) in [6.45, 7) is 2.38. The average Bonchev–Trinajstić information content (AvgIpc) is 3.04. The number of rotatable bonds is 5. The van der Waals surface area contributed by atoms with Gasteiger partial charge in [0.05, 0.1) is 5.56 Å². The first-order chi connectivity index (χ1) is 10.8. The van der Waals surface area contributed by atoms with Crippen LogP contribution in [0, 0.1) is 5.92 Å². The molecular formula is C15H20N4O3. The van der Waals surface area contributed by atoms with E-state index in [4.69, 9.17) is 9.26 Å². The fourth-order valence-electron chi connectivity index (χ4n) is 2.68. The van der Waals surface area contributed by atoms with Crippen molar-refractivity contribution in [3.8, 4) is 11.5 Å². The van der Waals surface area contributed by atoms with Crippen LogP contribution < -0.4 is 4.90 Å². The number of nitrogens with zero attached hydrogens (tertiary/aromatic N) is 4. The van der Waals surface area contributed by atoms with Crippen LogP contribution in [0.5, 0.6) is 0 Å². The van der Waals surface area contributed by atoms with Crippen LogP contribution in [-0.4, -0.2) is 47.0 Å². The summed E-state index contributed by atoms with van der Waals surface area (Å²) >= 11 is 0. The van der Waals surface area contributed by atoms with E-state index in [0.29, 0.717) is 24.2 Å². The van der Waals surface area contributed by atoms with E-state index in [0.717, 1.165) is 37.3 Å². The monoisotopic (exact) mass is 304 g/mol. The molecular weight excluding hydrogens is 284 g/mol. The topological polar surface area (TPSA) is 84.5 Å². The second kappa shape index (κ2) is 6.85. The summed E-state index contributed by atoms with van der Waals surface area (Å²) < 4.78 is 10.2. The molecule has 0 aromatic carbocycles. The molecule has 0 unspecified atom stereocenters. The molecule has 7 heteroatoms. The summed E-state index contributed by atoms with van der Waals surface area (Å²) in [6.07, 6.45) is 3.90. The zero-order valence-corrected chi connectivity index (χ0v) is 12.6. The number of aromatic nitrogens is 3. The molecule has 1 saturated heterocycles. The second-order valence-corrected chi connectivity index (χ2v) is 5.49. The lowest BCUT2D eigenvalue weighted by molar-refractivity contribution is 0.174. The molecule has 1 atom stereocenters. The van der Waals surface area contributed by atoms with Crippen LogP contribution in [0.25, 0.3) is 11.5 Å². The SMILES string of the molecule is COCc1noc(-c2ccc(N3CCC[C@H](CO)C3)nc2)n1. The molecule has 2 aromatic rings. The lowest BCUT2D eigenvalue weighted by Crippen LogP contribution is -2.37. The molecule has 118 valence electrons. The van der Waals surface area contributed by atoms with Crippen molar-refractivity contribution in [3.63, 3.8) is 0 Å². The predicted octanol–water partition coefficient (Wildman–Crippen LogP) is 1.49. The summed E-state index contributed by atoms with van der Waals surface area (Å²) in [5.74, 6) is 2.21. The maximum absolute atomic E-state index is 9.31. The third-order valence-corrected chi connectivity index (χ3v) is 3.84. The first kappa shape index (κ1) is 14.9. The van der Waals surface area contributed by atoms with Crippen molar-refractivity contribution in [1.29, 1.82) is 0 Å². The number of pyridine rings is 1. The van der Waals surface area contributed by atoms with Crippen LogP contribution in [0.15, 0.2) is 22.9 Å². The lowest BCUT2D eigenvalue weighted by Gasteiger charge is -2.32. The maximum Gasteiger partial charge on any atom is 0.259 e. The number of hydrogen-bond donors (Lipinski definition) is 1. The molecule has 3 rings (SSSR count). The number of aliphatic hydroxyl groups is 1. The van der Waals surface area contributed by atoms with E-state index in [1.807, 2.05) is 12.1 Å². The van der Waals surface area contributed by atoms with Crippen LogP contribution in [0.2, 0.25) is 0 Å². The van der Waals surface area contributed by atoms with Crippen LogP contribution in [-0.2, 0) is 11.3 Å². The molecule has 0 saturated carbocycles. The van der Waals surface area contributed by atoms with Gasteiger partial charge in [0, 0.05) is 33.0 Å². The third kappa shape index (κ3) is 3.26. The van der Waals surface area contributed by atoms with Crippen LogP contribution >= 0.6 is 0 Å². The van der Waals surface area contributed by atoms with E-state index < -0.39 is 0 Å². The molecule has 1 N–H and O–H groups in total. The Kier molecular flexibility index (Phi) is 4.65. The number of ether oxygens (including phenoxy) is 1. The highest BCUT2D eigenvalue weighted by Crippen LogP contribution is 2.23. The Bertz CT molecular complexity index is 599. The van der Waals surface area contributed by atoms with Gasteiger partial charge in [0.2, 0.25) is 0 Å². The Balaban J connectivity index is 1.71. The minimum absolute atomic E-state index is 0.235. The predicted molar refractivity (Wildman–Crippen MR) is 80.3 cm³/mol. The van der Waals surface area contributed by atoms with Crippen LogP contribution in [0.4, 0.5) is 5.82 Å². The fraction of sp³-hybridized carbons (Fsp3) is 0.533. The van der Waals surface area contributed by atoms with Crippen molar-refractivity contribution in [2.24, 2.45) is 5.92 Å². The molecule has 7 nitrogen and oxygen atoms in total. The van der Waals surface area contributed by atoms with Gasteiger partial charge in [-0.15, -0.1) is 0 Å². The van der Waals surface area contributed by atoms with Gasteiger partial charge in [0.15, 0.2) is 5.82 Å². The van der Waals surface area contributed by atoms with Crippen molar-refractivity contribution >= 4 is 5.82 Å². The largest absolute Gasteiger partial charge is 0.396 e. The Hall–Kier alpha value is -1.99.